The Morgan fingerprint density at radius 3 is 2.90 bits per heavy atom. The largest absolute Gasteiger partial charge is 0.462 e. The molecule has 0 spiro atoms. The molecule has 1 amide bonds. The average Bonchev–Trinajstić information content (AvgIpc) is 2.86. The van der Waals surface area contributed by atoms with Crippen molar-refractivity contribution < 1.29 is 14.3 Å². The van der Waals surface area contributed by atoms with E-state index in [4.69, 9.17) is 10.5 Å². The van der Waals surface area contributed by atoms with Gasteiger partial charge in [-0.1, -0.05) is 6.07 Å². The molecule has 0 fully saturated rings. The summed E-state index contributed by atoms with van der Waals surface area (Å²) in [5.74, 6) is -0.805. The molecule has 2 rings (SSSR count). The van der Waals surface area contributed by atoms with Crippen LogP contribution in [0.2, 0.25) is 0 Å². The molecule has 0 aliphatic rings. The number of nitrogens with zero attached hydrogens (tertiary/aromatic N) is 1. The highest BCUT2D eigenvalue weighted by atomic mass is 32.1. The number of benzene rings is 1. The van der Waals surface area contributed by atoms with Gasteiger partial charge in [0.2, 0.25) is 0 Å². The van der Waals surface area contributed by atoms with Gasteiger partial charge in [0.05, 0.1) is 12.2 Å². The number of thiazole rings is 1. The van der Waals surface area contributed by atoms with E-state index in [0.717, 1.165) is 0 Å². The summed E-state index contributed by atoms with van der Waals surface area (Å²) in [5, 5.41) is 4.55. The summed E-state index contributed by atoms with van der Waals surface area (Å²) < 4.78 is 4.90. The van der Waals surface area contributed by atoms with Gasteiger partial charge in [-0.15, -0.1) is 11.3 Å². The fraction of sp³-hybridized carbons (Fsp3) is 0.154. The monoisotopic (exact) mass is 291 g/mol. The van der Waals surface area contributed by atoms with E-state index in [9.17, 15) is 9.59 Å². The molecule has 0 saturated carbocycles. The molecule has 0 radical (unpaired) electrons. The van der Waals surface area contributed by atoms with E-state index in [-0.39, 0.29) is 11.6 Å². The first-order chi connectivity index (χ1) is 9.60. The number of ether oxygens (including phenoxy) is 1. The highest BCUT2D eigenvalue weighted by molar-refractivity contribution is 7.13. The molecule has 104 valence electrons. The lowest BCUT2D eigenvalue weighted by Crippen LogP contribution is -2.13. The Bertz CT molecular complexity index is 639. The Kier molecular flexibility index (Phi) is 4.31. The first-order valence-electron chi connectivity index (χ1n) is 5.89. The van der Waals surface area contributed by atoms with E-state index < -0.39 is 5.97 Å². The van der Waals surface area contributed by atoms with Crippen molar-refractivity contribution in [2.24, 2.45) is 0 Å². The van der Waals surface area contributed by atoms with Crippen LogP contribution >= 0.6 is 11.3 Å². The zero-order valence-corrected chi connectivity index (χ0v) is 11.6. The molecular formula is C13H13N3O3S. The fourth-order valence-corrected chi connectivity index (χ4v) is 2.07. The quantitative estimate of drug-likeness (QED) is 0.842. The van der Waals surface area contributed by atoms with Gasteiger partial charge >= 0.3 is 5.97 Å². The summed E-state index contributed by atoms with van der Waals surface area (Å²) in [6.07, 6.45) is 0. The first-order valence-corrected chi connectivity index (χ1v) is 6.77. The van der Waals surface area contributed by atoms with Crippen molar-refractivity contribution >= 4 is 34.0 Å². The van der Waals surface area contributed by atoms with Crippen LogP contribution in [0.1, 0.15) is 27.8 Å². The number of nitrogens with two attached hydrogens (primary N) is 1. The molecule has 1 aromatic heterocycles. The van der Waals surface area contributed by atoms with Gasteiger partial charge in [-0.2, -0.15) is 0 Å². The molecule has 7 heteroatoms. The van der Waals surface area contributed by atoms with E-state index in [1.54, 1.807) is 36.6 Å². The van der Waals surface area contributed by atoms with Crippen molar-refractivity contribution in [2.75, 3.05) is 17.7 Å². The number of nitrogens with one attached hydrogen (secondary N) is 1. The van der Waals surface area contributed by atoms with E-state index in [1.165, 1.54) is 11.3 Å². The molecule has 0 saturated heterocycles. The molecule has 0 unspecified atom stereocenters. The number of hydrogen-bond acceptors (Lipinski definition) is 6. The number of hydrogen-bond donors (Lipinski definition) is 2. The van der Waals surface area contributed by atoms with Gasteiger partial charge in [0, 0.05) is 11.1 Å². The van der Waals surface area contributed by atoms with Crippen LogP contribution in [0, 0.1) is 0 Å². The summed E-state index contributed by atoms with van der Waals surface area (Å²) in [7, 11) is 0. The van der Waals surface area contributed by atoms with Crippen LogP contribution in [0.3, 0.4) is 0 Å². The van der Waals surface area contributed by atoms with Crippen LogP contribution < -0.4 is 11.1 Å². The normalized spacial score (nSPS) is 10.1. The van der Waals surface area contributed by atoms with Gasteiger partial charge in [0.15, 0.2) is 5.13 Å². The molecule has 0 atom stereocenters. The number of nitrogen functional groups attached to an aromatic ring is 1. The summed E-state index contributed by atoms with van der Waals surface area (Å²) in [6, 6.07) is 6.51. The number of carbonyl (C=O) groups excluding carboxylic acids is 2. The smallest absolute Gasteiger partial charge is 0.338 e. The highest BCUT2D eigenvalue weighted by Crippen LogP contribution is 2.15. The minimum atomic E-state index is -0.429. The van der Waals surface area contributed by atoms with Crippen molar-refractivity contribution in [3.05, 3.63) is 40.9 Å². The first kappa shape index (κ1) is 14.0. The Balaban J connectivity index is 2.12. The lowest BCUT2D eigenvalue weighted by molar-refractivity contribution is 0.0526. The molecule has 0 aliphatic heterocycles. The number of anilines is 2. The third-order valence-corrected chi connectivity index (χ3v) is 3.06. The van der Waals surface area contributed by atoms with Crippen LogP contribution in [0.15, 0.2) is 29.6 Å². The van der Waals surface area contributed by atoms with Gasteiger partial charge in [0.1, 0.15) is 5.69 Å². The summed E-state index contributed by atoms with van der Waals surface area (Å²) in [5.41, 5.74) is 6.59. The average molecular weight is 291 g/mol. The van der Waals surface area contributed by atoms with Gasteiger partial charge in [-0.25, -0.2) is 9.78 Å². The zero-order chi connectivity index (χ0) is 14.5. The standard InChI is InChI=1S/C13H13N3O3S/c1-2-19-12(18)8-4-3-5-9(6-8)15-11(17)10-7-20-13(14)16-10/h3-7H,2H2,1H3,(H2,14,16)(H,15,17). The Hall–Kier alpha value is -2.41. The summed E-state index contributed by atoms with van der Waals surface area (Å²) in [6.45, 7) is 2.03. The van der Waals surface area contributed by atoms with E-state index in [0.29, 0.717) is 23.0 Å². The third-order valence-electron chi connectivity index (χ3n) is 2.39. The van der Waals surface area contributed by atoms with E-state index in [2.05, 4.69) is 10.3 Å². The third kappa shape index (κ3) is 3.33. The predicted octanol–water partition coefficient (Wildman–Crippen LogP) is 2.15. The molecule has 2 aromatic rings. The molecule has 1 heterocycles. The van der Waals surface area contributed by atoms with Gasteiger partial charge < -0.3 is 15.8 Å². The highest BCUT2D eigenvalue weighted by Gasteiger charge is 2.12. The van der Waals surface area contributed by atoms with Gasteiger partial charge in [-0.05, 0) is 25.1 Å². The maximum Gasteiger partial charge on any atom is 0.338 e. The number of rotatable bonds is 4. The van der Waals surface area contributed by atoms with Crippen molar-refractivity contribution in [2.45, 2.75) is 6.92 Å². The molecule has 0 aliphatic carbocycles. The molecule has 0 bridgehead atoms. The van der Waals surface area contributed by atoms with Crippen molar-refractivity contribution in [1.29, 1.82) is 0 Å². The maximum atomic E-state index is 11.9. The lowest BCUT2D eigenvalue weighted by Gasteiger charge is -2.06. The number of aromatic nitrogens is 1. The topological polar surface area (TPSA) is 94.3 Å². The SMILES string of the molecule is CCOC(=O)c1cccc(NC(=O)c2csc(N)n2)c1. The summed E-state index contributed by atoms with van der Waals surface area (Å²) >= 11 is 1.19. The van der Waals surface area contributed by atoms with E-state index >= 15 is 0 Å². The van der Waals surface area contributed by atoms with Crippen molar-refractivity contribution in [3.63, 3.8) is 0 Å². The van der Waals surface area contributed by atoms with Crippen LogP contribution in [-0.4, -0.2) is 23.5 Å². The van der Waals surface area contributed by atoms with Crippen LogP contribution in [0.4, 0.5) is 10.8 Å². The second-order valence-electron chi connectivity index (χ2n) is 3.83. The molecule has 20 heavy (non-hydrogen) atoms. The van der Waals surface area contributed by atoms with Crippen LogP contribution in [0.5, 0.6) is 0 Å². The molecular weight excluding hydrogens is 278 g/mol. The van der Waals surface area contributed by atoms with Crippen molar-refractivity contribution in [1.82, 2.24) is 4.98 Å². The molecule has 1 aromatic carbocycles. The number of amides is 1. The number of esters is 1. The van der Waals surface area contributed by atoms with E-state index in [1.807, 2.05) is 0 Å². The maximum absolute atomic E-state index is 11.9. The van der Waals surface area contributed by atoms with Gasteiger partial charge in [0.25, 0.3) is 5.91 Å². The predicted molar refractivity (Wildman–Crippen MR) is 76.9 cm³/mol. The second-order valence-corrected chi connectivity index (χ2v) is 4.72. The Morgan fingerprint density at radius 1 is 1.45 bits per heavy atom. The fourth-order valence-electron chi connectivity index (χ4n) is 1.53. The minimum absolute atomic E-state index is 0.244. The summed E-state index contributed by atoms with van der Waals surface area (Å²) in [4.78, 5) is 27.4. The minimum Gasteiger partial charge on any atom is -0.462 e. The molecule has 6 nitrogen and oxygen atoms in total. The Labute approximate surface area is 119 Å². The van der Waals surface area contributed by atoms with Crippen LogP contribution in [0.25, 0.3) is 0 Å². The van der Waals surface area contributed by atoms with Crippen LogP contribution in [-0.2, 0) is 4.74 Å². The van der Waals surface area contributed by atoms with Crippen molar-refractivity contribution in [3.8, 4) is 0 Å². The zero-order valence-electron chi connectivity index (χ0n) is 10.8. The van der Waals surface area contributed by atoms with Gasteiger partial charge in [-0.3, -0.25) is 4.79 Å². The Morgan fingerprint density at radius 2 is 2.25 bits per heavy atom. The number of carbonyl (C=O) groups is 2. The second kappa shape index (κ2) is 6.16. The lowest BCUT2D eigenvalue weighted by atomic mass is 10.2. The molecule has 3 N–H and O–H groups in total.